The van der Waals surface area contributed by atoms with Gasteiger partial charge in [-0.3, -0.25) is 10.1 Å². The van der Waals surface area contributed by atoms with Crippen molar-refractivity contribution in [3.05, 3.63) is 35.7 Å². The van der Waals surface area contributed by atoms with Crippen LogP contribution >= 0.6 is 11.8 Å². The van der Waals surface area contributed by atoms with Gasteiger partial charge < -0.3 is 14.5 Å². The molecule has 2 aromatic rings. The Morgan fingerprint density at radius 3 is 2.65 bits per heavy atom. The molecule has 0 spiro atoms. The molecule has 1 heterocycles. The minimum Gasteiger partial charge on any atom is -0.497 e. The van der Waals surface area contributed by atoms with Gasteiger partial charge in [-0.2, -0.15) is 0 Å². The molecule has 0 saturated heterocycles. The molecule has 0 aliphatic carbocycles. The third-order valence-corrected chi connectivity index (χ3v) is 4.35. The Bertz CT molecular complexity index is 733. The van der Waals surface area contributed by atoms with E-state index >= 15 is 0 Å². The number of urea groups is 1. The summed E-state index contributed by atoms with van der Waals surface area (Å²) in [6.07, 6.45) is 1.27. The summed E-state index contributed by atoms with van der Waals surface area (Å²) in [6, 6.07) is 7.05. The first-order valence-corrected chi connectivity index (χ1v) is 9.17. The predicted molar refractivity (Wildman–Crippen MR) is 97.2 cm³/mol. The molecule has 1 atom stereocenters. The molecular weight excluding hydrogens is 356 g/mol. The largest absolute Gasteiger partial charge is 0.497 e. The molecule has 1 aromatic carbocycles. The number of methoxy groups -OCH3 is 1. The van der Waals surface area contributed by atoms with E-state index in [-0.39, 0.29) is 17.0 Å². The topological polar surface area (TPSA) is 106 Å². The number of nitrogens with zero attached hydrogens (tertiary/aromatic N) is 2. The summed E-state index contributed by atoms with van der Waals surface area (Å²) in [6.45, 7) is 3.81. The molecule has 26 heavy (non-hydrogen) atoms. The molecule has 8 nitrogen and oxygen atoms in total. The third kappa shape index (κ3) is 6.40. The second-order valence-electron chi connectivity index (χ2n) is 5.61. The number of hydrogen-bond donors (Lipinski definition) is 2. The maximum atomic E-state index is 11.8. The summed E-state index contributed by atoms with van der Waals surface area (Å²) in [4.78, 5) is 23.3. The van der Waals surface area contributed by atoms with Crippen LogP contribution in [0.4, 0.5) is 4.79 Å². The zero-order chi connectivity index (χ0) is 18.9. The number of nitrogens with one attached hydrogen (secondary N) is 2. The van der Waals surface area contributed by atoms with Gasteiger partial charge in [-0.25, -0.2) is 4.79 Å². The summed E-state index contributed by atoms with van der Waals surface area (Å²) in [7, 11) is 1.61. The van der Waals surface area contributed by atoms with Crippen LogP contribution in [-0.2, 0) is 11.2 Å². The van der Waals surface area contributed by atoms with Crippen molar-refractivity contribution in [3.8, 4) is 5.75 Å². The lowest BCUT2D eigenvalue weighted by atomic mass is 10.1. The number of rotatable bonds is 8. The van der Waals surface area contributed by atoms with E-state index in [1.54, 1.807) is 7.11 Å². The van der Waals surface area contributed by atoms with Gasteiger partial charge in [0.25, 0.3) is 5.22 Å². The van der Waals surface area contributed by atoms with Crippen LogP contribution in [0.3, 0.4) is 0 Å². The molecular formula is C17H22N4O4S. The first-order valence-electron chi connectivity index (χ1n) is 8.18. The van der Waals surface area contributed by atoms with E-state index in [4.69, 9.17) is 9.15 Å². The van der Waals surface area contributed by atoms with Crippen LogP contribution in [0, 0.1) is 0 Å². The van der Waals surface area contributed by atoms with Crippen molar-refractivity contribution in [2.24, 2.45) is 0 Å². The van der Waals surface area contributed by atoms with Crippen LogP contribution in [0.5, 0.6) is 5.75 Å². The monoisotopic (exact) mass is 378 g/mol. The number of thioether (sulfide) groups is 1. The summed E-state index contributed by atoms with van der Waals surface area (Å²) in [5.41, 5.74) is 1.01. The number of imide groups is 1. The lowest BCUT2D eigenvalue weighted by molar-refractivity contribution is -0.117. The van der Waals surface area contributed by atoms with Gasteiger partial charge in [0.1, 0.15) is 5.75 Å². The van der Waals surface area contributed by atoms with Crippen molar-refractivity contribution in [2.75, 3.05) is 12.9 Å². The van der Waals surface area contributed by atoms with Crippen molar-refractivity contribution in [1.29, 1.82) is 0 Å². The summed E-state index contributed by atoms with van der Waals surface area (Å²) in [5, 5.41) is 13.1. The molecule has 0 radical (unpaired) electrons. The molecule has 0 unspecified atom stereocenters. The van der Waals surface area contributed by atoms with Gasteiger partial charge in [0.15, 0.2) is 0 Å². The van der Waals surface area contributed by atoms with Crippen molar-refractivity contribution in [1.82, 2.24) is 20.8 Å². The Hall–Kier alpha value is -2.55. The van der Waals surface area contributed by atoms with Crippen LogP contribution in [0.15, 0.2) is 33.9 Å². The fourth-order valence-corrected chi connectivity index (χ4v) is 2.52. The molecule has 0 fully saturated rings. The minimum absolute atomic E-state index is 0.00639. The Kier molecular flexibility index (Phi) is 7.46. The van der Waals surface area contributed by atoms with Crippen LogP contribution in [0.25, 0.3) is 0 Å². The molecule has 2 rings (SSSR count). The number of hydrogen-bond acceptors (Lipinski definition) is 7. The van der Waals surface area contributed by atoms with Crippen LogP contribution in [0.2, 0.25) is 0 Å². The molecule has 0 aliphatic rings. The standard InChI is InChI=1S/C17H22N4O4S/c1-4-11(2)18-16(23)19-14(22)10-26-17-21-20-15(25-17)9-12-5-7-13(24-3)8-6-12/h5-8,11H,4,9-10H2,1-3H3,(H2,18,19,22,23)/t11-/m1/s1. The van der Waals surface area contributed by atoms with Crippen molar-refractivity contribution < 1.29 is 18.7 Å². The number of ether oxygens (including phenoxy) is 1. The van der Waals surface area contributed by atoms with E-state index in [2.05, 4.69) is 20.8 Å². The number of amides is 3. The zero-order valence-corrected chi connectivity index (χ0v) is 15.8. The highest BCUT2D eigenvalue weighted by molar-refractivity contribution is 7.99. The summed E-state index contributed by atoms with van der Waals surface area (Å²) < 4.78 is 10.6. The van der Waals surface area contributed by atoms with Gasteiger partial charge in [-0.05, 0) is 31.0 Å². The van der Waals surface area contributed by atoms with E-state index in [1.807, 2.05) is 38.1 Å². The Morgan fingerprint density at radius 2 is 2.00 bits per heavy atom. The fourth-order valence-electron chi connectivity index (χ4n) is 1.94. The van der Waals surface area contributed by atoms with E-state index in [1.165, 1.54) is 0 Å². The number of aromatic nitrogens is 2. The fraction of sp³-hybridized carbons (Fsp3) is 0.412. The molecule has 3 amide bonds. The molecule has 2 N–H and O–H groups in total. The first kappa shape index (κ1) is 19.8. The highest BCUT2D eigenvalue weighted by atomic mass is 32.2. The maximum absolute atomic E-state index is 11.8. The smallest absolute Gasteiger partial charge is 0.321 e. The number of carbonyl (C=O) groups excluding carboxylic acids is 2. The second-order valence-corrected chi connectivity index (χ2v) is 6.53. The van der Waals surface area contributed by atoms with Crippen molar-refractivity contribution >= 4 is 23.7 Å². The summed E-state index contributed by atoms with van der Waals surface area (Å²) in [5.74, 6) is 0.815. The number of benzene rings is 1. The van der Waals surface area contributed by atoms with Gasteiger partial charge in [0, 0.05) is 6.04 Å². The number of carbonyl (C=O) groups is 2. The average molecular weight is 378 g/mol. The Labute approximate surface area is 156 Å². The normalized spacial score (nSPS) is 11.7. The Morgan fingerprint density at radius 1 is 1.27 bits per heavy atom. The van der Waals surface area contributed by atoms with Crippen molar-refractivity contribution in [3.63, 3.8) is 0 Å². The third-order valence-electron chi connectivity index (χ3n) is 3.53. The van der Waals surface area contributed by atoms with Gasteiger partial charge >= 0.3 is 6.03 Å². The highest BCUT2D eigenvalue weighted by Gasteiger charge is 2.13. The van der Waals surface area contributed by atoms with Crippen molar-refractivity contribution in [2.45, 2.75) is 38.0 Å². The lowest BCUT2D eigenvalue weighted by Gasteiger charge is -2.11. The van der Waals surface area contributed by atoms with E-state index in [0.717, 1.165) is 29.5 Å². The molecule has 1 aromatic heterocycles. The van der Waals surface area contributed by atoms with Crippen LogP contribution in [-0.4, -0.2) is 41.0 Å². The molecule has 9 heteroatoms. The quantitative estimate of drug-likeness (QED) is 0.679. The molecule has 0 saturated carbocycles. The minimum atomic E-state index is -0.504. The van der Waals surface area contributed by atoms with Gasteiger partial charge in [0.05, 0.1) is 19.3 Å². The van der Waals surface area contributed by atoms with E-state index < -0.39 is 11.9 Å². The average Bonchev–Trinajstić information content (AvgIpc) is 3.07. The SMILES string of the molecule is CC[C@@H](C)NC(=O)NC(=O)CSc1nnc(Cc2ccc(OC)cc2)o1. The molecule has 140 valence electrons. The van der Waals surface area contributed by atoms with Gasteiger partial charge in [0.2, 0.25) is 11.8 Å². The predicted octanol–water partition coefficient (Wildman–Crippen LogP) is 2.39. The molecule has 0 bridgehead atoms. The maximum Gasteiger partial charge on any atom is 0.321 e. The second kappa shape index (κ2) is 9.81. The first-order chi connectivity index (χ1) is 12.5. The molecule has 0 aliphatic heterocycles. The summed E-state index contributed by atoms with van der Waals surface area (Å²) >= 11 is 1.08. The van der Waals surface area contributed by atoms with E-state index in [0.29, 0.717) is 12.3 Å². The van der Waals surface area contributed by atoms with Crippen LogP contribution in [0.1, 0.15) is 31.7 Å². The lowest BCUT2D eigenvalue weighted by Crippen LogP contribution is -2.43. The van der Waals surface area contributed by atoms with Crippen LogP contribution < -0.4 is 15.4 Å². The van der Waals surface area contributed by atoms with E-state index in [9.17, 15) is 9.59 Å². The Balaban J connectivity index is 1.78. The zero-order valence-electron chi connectivity index (χ0n) is 14.9. The van der Waals surface area contributed by atoms with Gasteiger partial charge in [-0.15, -0.1) is 10.2 Å². The highest BCUT2D eigenvalue weighted by Crippen LogP contribution is 2.18. The van der Waals surface area contributed by atoms with Gasteiger partial charge in [-0.1, -0.05) is 30.8 Å².